The van der Waals surface area contributed by atoms with Crippen LogP contribution in [0.1, 0.15) is 31.1 Å². The van der Waals surface area contributed by atoms with Crippen LogP contribution in [0.2, 0.25) is 0 Å². The van der Waals surface area contributed by atoms with Gasteiger partial charge in [0.1, 0.15) is 11.3 Å². The van der Waals surface area contributed by atoms with Crippen molar-refractivity contribution in [2.24, 2.45) is 0 Å². The smallest absolute Gasteiger partial charge is 0.257 e. The minimum Gasteiger partial charge on any atom is -0.493 e. The van der Waals surface area contributed by atoms with E-state index in [0.29, 0.717) is 30.2 Å². The lowest BCUT2D eigenvalue weighted by Gasteiger charge is -2.32. The lowest BCUT2D eigenvalue weighted by Crippen LogP contribution is -2.48. The van der Waals surface area contributed by atoms with E-state index in [1.54, 1.807) is 18.2 Å². The molecule has 1 amide bonds. The summed E-state index contributed by atoms with van der Waals surface area (Å²) in [5.74, 6) is 0.314. The highest BCUT2D eigenvalue weighted by Crippen LogP contribution is 2.24. The monoisotopic (exact) mass is 279 g/mol. The van der Waals surface area contributed by atoms with Gasteiger partial charge in [-0.15, -0.1) is 0 Å². The van der Waals surface area contributed by atoms with Gasteiger partial charge in [-0.05, 0) is 47.0 Å². The molecule has 1 aromatic rings. The van der Waals surface area contributed by atoms with Gasteiger partial charge >= 0.3 is 0 Å². The van der Waals surface area contributed by atoms with Gasteiger partial charge in [0.2, 0.25) is 0 Å². The number of hydrogen-bond acceptors (Lipinski definition) is 4. The second-order valence-corrected chi connectivity index (χ2v) is 5.54. The van der Waals surface area contributed by atoms with E-state index in [1.165, 1.54) is 0 Å². The average molecular weight is 279 g/mol. The van der Waals surface area contributed by atoms with Gasteiger partial charge in [0.15, 0.2) is 0 Å². The first kappa shape index (κ1) is 16.3. The molecule has 1 aromatic carbocycles. The van der Waals surface area contributed by atoms with Crippen molar-refractivity contribution in [1.82, 2.24) is 10.2 Å². The normalized spacial score (nSPS) is 11.5. The summed E-state index contributed by atoms with van der Waals surface area (Å²) in [4.78, 5) is 14.4. The summed E-state index contributed by atoms with van der Waals surface area (Å²) in [7, 11) is 3.96. The van der Waals surface area contributed by atoms with E-state index < -0.39 is 0 Å². The van der Waals surface area contributed by atoms with Gasteiger partial charge < -0.3 is 20.7 Å². The minimum absolute atomic E-state index is 0.134. The third kappa shape index (κ3) is 3.87. The maximum Gasteiger partial charge on any atom is 0.257 e. The molecule has 5 nitrogen and oxygen atoms in total. The molecule has 0 aliphatic heterocycles. The molecule has 5 heteroatoms. The Bertz CT molecular complexity index is 470. The first-order valence-corrected chi connectivity index (χ1v) is 6.76. The highest BCUT2D eigenvalue weighted by Gasteiger charge is 2.23. The van der Waals surface area contributed by atoms with E-state index in [1.807, 2.05) is 21.0 Å². The SMILES string of the molecule is CCOc1cccc(N)c1C(=O)NCC(C)(C)N(C)C. The van der Waals surface area contributed by atoms with Crippen LogP contribution in [0.5, 0.6) is 5.75 Å². The van der Waals surface area contributed by atoms with Gasteiger partial charge in [0.25, 0.3) is 5.91 Å². The number of carbonyl (C=O) groups is 1. The van der Waals surface area contributed by atoms with Crippen molar-refractivity contribution in [1.29, 1.82) is 0 Å². The summed E-state index contributed by atoms with van der Waals surface area (Å²) in [6, 6.07) is 5.24. The number of anilines is 1. The number of likely N-dealkylation sites (N-methyl/N-ethyl adjacent to an activating group) is 1. The molecule has 0 spiro atoms. The van der Waals surface area contributed by atoms with Crippen LogP contribution in [0.4, 0.5) is 5.69 Å². The summed E-state index contributed by atoms with van der Waals surface area (Å²) in [5.41, 5.74) is 6.60. The topological polar surface area (TPSA) is 67.6 Å². The minimum atomic E-state index is -0.207. The van der Waals surface area contributed by atoms with E-state index >= 15 is 0 Å². The Hall–Kier alpha value is -1.75. The number of nitrogens with two attached hydrogens (primary N) is 1. The van der Waals surface area contributed by atoms with Crippen LogP contribution in [0.3, 0.4) is 0 Å². The Balaban J connectivity index is 2.88. The van der Waals surface area contributed by atoms with E-state index in [9.17, 15) is 4.79 Å². The molecular formula is C15H25N3O2. The molecule has 0 saturated carbocycles. The maximum absolute atomic E-state index is 12.3. The van der Waals surface area contributed by atoms with Gasteiger partial charge in [-0.3, -0.25) is 4.79 Å². The lowest BCUT2D eigenvalue weighted by molar-refractivity contribution is 0.0917. The number of hydrogen-bond donors (Lipinski definition) is 2. The molecule has 0 saturated heterocycles. The highest BCUT2D eigenvalue weighted by molar-refractivity contribution is 6.01. The molecule has 0 aliphatic carbocycles. The second-order valence-electron chi connectivity index (χ2n) is 5.54. The van der Waals surface area contributed by atoms with Crippen molar-refractivity contribution in [3.05, 3.63) is 23.8 Å². The number of nitrogen functional groups attached to an aromatic ring is 1. The molecule has 0 unspecified atom stereocenters. The maximum atomic E-state index is 12.3. The molecule has 20 heavy (non-hydrogen) atoms. The lowest BCUT2D eigenvalue weighted by atomic mass is 10.0. The number of carbonyl (C=O) groups excluding carboxylic acids is 1. The van der Waals surface area contributed by atoms with Crippen LogP contribution < -0.4 is 15.8 Å². The average Bonchev–Trinajstić information content (AvgIpc) is 2.36. The fourth-order valence-electron chi connectivity index (χ4n) is 1.61. The number of amides is 1. The van der Waals surface area contributed by atoms with Crippen LogP contribution in [-0.2, 0) is 0 Å². The Morgan fingerprint density at radius 3 is 2.60 bits per heavy atom. The molecule has 0 heterocycles. The largest absolute Gasteiger partial charge is 0.493 e. The van der Waals surface area contributed by atoms with Crippen LogP contribution >= 0.6 is 0 Å². The first-order chi connectivity index (χ1) is 9.29. The predicted molar refractivity (Wildman–Crippen MR) is 82.1 cm³/mol. The molecule has 0 aliphatic rings. The zero-order valence-electron chi connectivity index (χ0n) is 13.0. The number of nitrogens with one attached hydrogen (secondary N) is 1. The van der Waals surface area contributed by atoms with Gasteiger partial charge in [-0.1, -0.05) is 6.07 Å². The zero-order valence-corrected chi connectivity index (χ0v) is 13.0. The molecule has 0 radical (unpaired) electrons. The molecule has 0 atom stereocenters. The Morgan fingerprint density at radius 2 is 2.05 bits per heavy atom. The predicted octanol–water partition coefficient (Wildman–Crippen LogP) is 1.74. The summed E-state index contributed by atoms with van der Waals surface area (Å²) in [6.07, 6.45) is 0. The van der Waals surface area contributed by atoms with Crippen molar-refractivity contribution in [3.8, 4) is 5.75 Å². The number of rotatable bonds is 6. The van der Waals surface area contributed by atoms with E-state index in [4.69, 9.17) is 10.5 Å². The second kappa shape index (κ2) is 6.61. The molecule has 3 N–H and O–H groups in total. The first-order valence-electron chi connectivity index (χ1n) is 6.76. The number of benzene rings is 1. The van der Waals surface area contributed by atoms with E-state index in [-0.39, 0.29) is 11.4 Å². The van der Waals surface area contributed by atoms with Crippen molar-refractivity contribution < 1.29 is 9.53 Å². The number of nitrogens with zero attached hydrogens (tertiary/aromatic N) is 1. The van der Waals surface area contributed by atoms with Gasteiger partial charge in [0.05, 0.1) is 6.61 Å². The molecule has 0 aromatic heterocycles. The van der Waals surface area contributed by atoms with Crippen molar-refractivity contribution in [3.63, 3.8) is 0 Å². The molecule has 0 bridgehead atoms. The molecule has 112 valence electrons. The summed E-state index contributed by atoms with van der Waals surface area (Å²) < 4.78 is 5.47. The summed E-state index contributed by atoms with van der Waals surface area (Å²) in [5, 5.41) is 2.92. The third-order valence-corrected chi connectivity index (χ3v) is 3.48. The van der Waals surface area contributed by atoms with E-state index in [2.05, 4.69) is 24.1 Å². The van der Waals surface area contributed by atoms with Crippen LogP contribution in [-0.4, -0.2) is 43.6 Å². The summed E-state index contributed by atoms with van der Waals surface area (Å²) >= 11 is 0. The van der Waals surface area contributed by atoms with E-state index in [0.717, 1.165) is 0 Å². The fourth-order valence-corrected chi connectivity index (χ4v) is 1.61. The van der Waals surface area contributed by atoms with Crippen molar-refractivity contribution in [2.45, 2.75) is 26.3 Å². The Labute approximate surface area is 121 Å². The van der Waals surface area contributed by atoms with Gasteiger partial charge in [0, 0.05) is 17.8 Å². The fraction of sp³-hybridized carbons (Fsp3) is 0.533. The molecular weight excluding hydrogens is 254 g/mol. The van der Waals surface area contributed by atoms with Crippen LogP contribution in [0.15, 0.2) is 18.2 Å². The van der Waals surface area contributed by atoms with Crippen LogP contribution in [0.25, 0.3) is 0 Å². The highest BCUT2D eigenvalue weighted by atomic mass is 16.5. The summed E-state index contributed by atoms with van der Waals surface area (Å²) in [6.45, 7) is 7.02. The zero-order chi connectivity index (χ0) is 15.3. The quantitative estimate of drug-likeness (QED) is 0.778. The Morgan fingerprint density at radius 1 is 1.40 bits per heavy atom. The number of ether oxygens (including phenoxy) is 1. The van der Waals surface area contributed by atoms with Gasteiger partial charge in [-0.25, -0.2) is 0 Å². The third-order valence-electron chi connectivity index (χ3n) is 3.48. The molecule has 1 rings (SSSR count). The van der Waals surface area contributed by atoms with Gasteiger partial charge in [-0.2, -0.15) is 0 Å². The van der Waals surface area contributed by atoms with Crippen molar-refractivity contribution >= 4 is 11.6 Å². The standard InChI is InChI=1S/C15H25N3O2/c1-6-20-12-9-7-8-11(16)13(12)14(19)17-10-15(2,3)18(4)5/h7-9H,6,10,16H2,1-5H3,(H,17,19). The van der Waals surface area contributed by atoms with Crippen molar-refractivity contribution in [2.75, 3.05) is 33.0 Å². The Kier molecular flexibility index (Phi) is 5.39. The molecule has 0 fully saturated rings. The van der Waals surface area contributed by atoms with Crippen LogP contribution in [0, 0.1) is 0 Å².